The summed E-state index contributed by atoms with van der Waals surface area (Å²) >= 11 is 8.25. The van der Waals surface area contributed by atoms with E-state index in [-0.39, 0.29) is 5.75 Å². The summed E-state index contributed by atoms with van der Waals surface area (Å²) in [6.07, 6.45) is -4.72. The van der Waals surface area contributed by atoms with Crippen molar-refractivity contribution in [1.29, 1.82) is 0 Å². The molecule has 0 amide bonds. The van der Waals surface area contributed by atoms with Gasteiger partial charge in [0.2, 0.25) is 0 Å². The van der Waals surface area contributed by atoms with Crippen LogP contribution in [0.5, 0.6) is 5.75 Å². The first-order valence-electron chi connectivity index (χ1n) is 5.78. The number of hydrogen-bond acceptors (Lipinski definition) is 3. The minimum Gasteiger partial charge on any atom is -0.405 e. The molecule has 2 nitrogen and oxygen atoms in total. The van der Waals surface area contributed by atoms with Crippen LogP contribution >= 0.6 is 43.2 Å². The molecule has 0 fully saturated rings. The number of halogens is 5. The zero-order chi connectivity index (χ0) is 15.6. The number of nitrogens with one attached hydrogen (secondary N) is 1. The van der Waals surface area contributed by atoms with Gasteiger partial charge < -0.3 is 10.1 Å². The Labute approximate surface area is 140 Å². The Morgan fingerprint density at radius 3 is 2.38 bits per heavy atom. The van der Waals surface area contributed by atoms with Crippen molar-refractivity contribution >= 4 is 43.2 Å². The minimum absolute atomic E-state index is 0.210. The average molecular weight is 445 g/mol. The Morgan fingerprint density at radius 2 is 1.86 bits per heavy atom. The lowest BCUT2D eigenvalue weighted by Crippen LogP contribution is -2.22. The van der Waals surface area contributed by atoms with Gasteiger partial charge in [0.25, 0.3) is 0 Å². The first kappa shape index (κ1) is 16.8. The van der Waals surface area contributed by atoms with Crippen LogP contribution in [-0.4, -0.2) is 13.4 Å². The number of alkyl halides is 3. The lowest BCUT2D eigenvalue weighted by Gasteiger charge is -2.20. The fourth-order valence-electron chi connectivity index (χ4n) is 1.96. The lowest BCUT2D eigenvalue weighted by molar-refractivity contribution is -0.275. The van der Waals surface area contributed by atoms with E-state index < -0.39 is 12.4 Å². The molecule has 1 unspecified atom stereocenters. The smallest absolute Gasteiger partial charge is 0.405 e. The maximum absolute atomic E-state index is 12.5. The van der Waals surface area contributed by atoms with Crippen LogP contribution in [0.3, 0.4) is 0 Å². The van der Waals surface area contributed by atoms with Gasteiger partial charge >= 0.3 is 6.36 Å². The molecule has 1 heterocycles. The maximum Gasteiger partial charge on any atom is 0.573 e. The van der Waals surface area contributed by atoms with Crippen molar-refractivity contribution in [1.82, 2.24) is 5.32 Å². The van der Waals surface area contributed by atoms with Crippen molar-refractivity contribution in [2.75, 3.05) is 7.05 Å². The molecule has 1 aromatic heterocycles. The van der Waals surface area contributed by atoms with E-state index in [1.54, 1.807) is 19.2 Å². The van der Waals surface area contributed by atoms with Crippen LogP contribution in [0.15, 0.2) is 37.9 Å². The van der Waals surface area contributed by atoms with E-state index in [1.165, 1.54) is 23.5 Å². The molecule has 0 aliphatic rings. The molecule has 0 radical (unpaired) electrons. The van der Waals surface area contributed by atoms with Crippen LogP contribution in [0.2, 0.25) is 0 Å². The summed E-state index contributed by atoms with van der Waals surface area (Å²) < 4.78 is 43.4. The summed E-state index contributed by atoms with van der Waals surface area (Å²) in [6.45, 7) is 0. The van der Waals surface area contributed by atoms with Gasteiger partial charge in [-0.05, 0) is 56.6 Å². The normalized spacial score (nSPS) is 13.2. The molecule has 0 aliphatic carbocycles. The second-order valence-electron chi connectivity index (χ2n) is 4.09. The highest BCUT2D eigenvalue weighted by atomic mass is 79.9. The van der Waals surface area contributed by atoms with Gasteiger partial charge in [0.15, 0.2) is 0 Å². The van der Waals surface area contributed by atoms with Crippen molar-refractivity contribution in [3.63, 3.8) is 0 Å². The molecular formula is C13H10Br2F3NOS. The fourth-order valence-corrected chi connectivity index (χ4v) is 4.87. The van der Waals surface area contributed by atoms with Gasteiger partial charge in [0.1, 0.15) is 5.75 Å². The first-order chi connectivity index (χ1) is 9.81. The molecule has 0 saturated carbocycles. The molecule has 2 rings (SSSR count). The summed E-state index contributed by atoms with van der Waals surface area (Å²) in [7, 11) is 1.69. The Bertz CT molecular complexity index is 630. The molecule has 1 N–H and O–H groups in total. The second-order valence-corrected chi connectivity index (χ2v) is 7.84. The van der Waals surface area contributed by atoms with Gasteiger partial charge in [-0.15, -0.1) is 24.5 Å². The standard InChI is InChI=1S/C13H10Br2F3NOS/c1-19-11(8-6-10(14)21-12(8)15)7-4-2-3-5-9(7)20-13(16,17)18/h2-6,11,19H,1H3. The van der Waals surface area contributed by atoms with E-state index >= 15 is 0 Å². The molecule has 2 aromatic rings. The highest BCUT2D eigenvalue weighted by Crippen LogP contribution is 2.40. The average Bonchev–Trinajstić information content (AvgIpc) is 2.70. The van der Waals surface area contributed by atoms with Crippen LogP contribution in [0, 0.1) is 0 Å². The first-order valence-corrected chi connectivity index (χ1v) is 8.18. The summed E-state index contributed by atoms with van der Waals surface area (Å²) in [5.74, 6) is -0.210. The maximum atomic E-state index is 12.5. The molecule has 0 aliphatic heterocycles. The van der Waals surface area contributed by atoms with Gasteiger partial charge in [-0.1, -0.05) is 18.2 Å². The van der Waals surface area contributed by atoms with E-state index in [4.69, 9.17) is 0 Å². The summed E-state index contributed by atoms with van der Waals surface area (Å²) in [5.41, 5.74) is 1.26. The summed E-state index contributed by atoms with van der Waals surface area (Å²) in [6, 6.07) is 7.55. The third-order valence-corrected chi connectivity index (χ3v) is 5.12. The number of benzene rings is 1. The molecule has 0 saturated heterocycles. The third-order valence-electron chi connectivity index (χ3n) is 2.74. The van der Waals surface area contributed by atoms with E-state index in [0.717, 1.165) is 13.1 Å². The Hall–Kier alpha value is -0.570. The van der Waals surface area contributed by atoms with Crippen LogP contribution in [-0.2, 0) is 0 Å². The quantitative estimate of drug-likeness (QED) is 0.674. The summed E-state index contributed by atoms with van der Waals surface area (Å²) in [5, 5.41) is 3.02. The molecule has 0 bridgehead atoms. The number of para-hydroxylation sites is 1. The number of ether oxygens (including phenoxy) is 1. The topological polar surface area (TPSA) is 21.3 Å². The van der Waals surface area contributed by atoms with E-state index in [1.807, 2.05) is 6.07 Å². The Balaban J connectivity index is 2.46. The van der Waals surface area contributed by atoms with Gasteiger partial charge in [0.05, 0.1) is 13.6 Å². The van der Waals surface area contributed by atoms with Crippen LogP contribution in [0.25, 0.3) is 0 Å². The van der Waals surface area contributed by atoms with Crippen LogP contribution in [0.1, 0.15) is 17.2 Å². The van der Waals surface area contributed by atoms with Crippen molar-refractivity contribution in [2.24, 2.45) is 0 Å². The second kappa shape index (κ2) is 6.68. The van der Waals surface area contributed by atoms with E-state index in [2.05, 4.69) is 41.9 Å². The molecule has 1 atom stereocenters. The van der Waals surface area contributed by atoms with Crippen LogP contribution in [0.4, 0.5) is 13.2 Å². The zero-order valence-electron chi connectivity index (χ0n) is 10.7. The van der Waals surface area contributed by atoms with Crippen molar-refractivity contribution < 1.29 is 17.9 Å². The molecule has 21 heavy (non-hydrogen) atoms. The molecule has 1 aromatic carbocycles. The lowest BCUT2D eigenvalue weighted by atomic mass is 10.0. The predicted octanol–water partition coefficient (Wildman–Crippen LogP) is 5.48. The van der Waals surface area contributed by atoms with E-state index in [9.17, 15) is 13.2 Å². The number of rotatable bonds is 4. The highest BCUT2D eigenvalue weighted by molar-refractivity contribution is 9.12. The molecule has 0 spiro atoms. The Kier molecular flexibility index (Phi) is 5.34. The molecule has 8 heteroatoms. The molecular weight excluding hydrogens is 435 g/mol. The van der Waals surface area contributed by atoms with Crippen molar-refractivity contribution in [3.8, 4) is 5.75 Å². The van der Waals surface area contributed by atoms with Gasteiger partial charge in [-0.25, -0.2) is 0 Å². The Morgan fingerprint density at radius 1 is 1.19 bits per heavy atom. The molecule has 114 valence electrons. The van der Waals surface area contributed by atoms with Gasteiger partial charge in [-0.3, -0.25) is 0 Å². The third kappa shape index (κ3) is 4.21. The fraction of sp³-hybridized carbons (Fsp3) is 0.231. The zero-order valence-corrected chi connectivity index (χ0v) is 14.7. The van der Waals surface area contributed by atoms with Gasteiger partial charge in [0, 0.05) is 5.56 Å². The SMILES string of the molecule is CNC(c1ccccc1OC(F)(F)F)c1cc(Br)sc1Br. The largest absolute Gasteiger partial charge is 0.573 e. The highest BCUT2D eigenvalue weighted by Gasteiger charge is 2.33. The summed E-state index contributed by atoms with van der Waals surface area (Å²) in [4.78, 5) is 0. The number of thiophene rings is 1. The van der Waals surface area contributed by atoms with Gasteiger partial charge in [-0.2, -0.15) is 0 Å². The minimum atomic E-state index is -4.72. The predicted molar refractivity (Wildman–Crippen MR) is 83.7 cm³/mol. The van der Waals surface area contributed by atoms with Crippen molar-refractivity contribution in [2.45, 2.75) is 12.4 Å². The number of hydrogen-bond donors (Lipinski definition) is 1. The van der Waals surface area contributed by atoms with Crippen LogP contribution < -0.4 is 10.1 Å². The van der Waals surface area contributed by atoms with Crippen molar-refractivity contribution in [3.05, 3.63) is 49.0 Å². The van der Waals surface area contributed by atoms with E-state index in [0.29, 0.717) is 5.56 Å². The monoisotopic (exact) mass is 443 g/mol.